The summed E-state index contributed by atoms with van der Waals surface area (Å²) < 4.78 is 0. The highest BCUT2D eigenvalue weighted by atomic mass is 14.5. The average Bonchev–Trinajstić information content (AvgIpc) is 2.17. The van der Waals surface area contributed by atoms with Crippen molar-refractivity contribution in [2.24, 2.45) is 5.73 Å². The summed E-state index contributed by atoms with van der Waals surface area (Å²) in [6, 6.07) is 15.4. The predicted octanol–water partition coefficient (Wildman–Crippen LogP) is 2.10. The molecule has 0 aliphatic carbocycles. The highest BCUT2D eigenvalue weighted by Gasteiger charge is 1.92. The maximum atomic E-state index is 5.51. The maximum absolute atomic E-state index is 5.51. The first kappa shape index (κ1) is 7.32. The van der Waals surface area contributed by atoms with Crippen LogP contribution in [0.2, 0.25) is 0 Å². The van der Waals surface area contributed by atoms with Crippen molar-refractivity contribution in [1.82, 2.24) is 0 Å². The van der Waals surface area contributed by atoms with Gasteiger partial charge in [-0.3, -0.25) is 0 Å². The first-order valence-electron chi connectivity index (χ1n) is 3.99. The van der Waals surface area contributed by atoms with Crippen molar-refractivity contribution >= 4 is 10.8 Å². The number of hydrogen-bond donors (Lipinski definition) is 1. The molecule has 0 heterocycles. The zero-order valence-electron chi connectivity index (χ0n) is 6.75. The molecular formula is C11H10N. The van der Waals surface area contributed by atoms with Crippen molar-refractivity contribution in [3.05, 3.63) is 48.0 Å². The second kappa shape index (κ2) is 2.95. The van der Waals surface area contributed by atoms with Crippen LogP contribution in [0.25, 0.3) is 10.8 Å². The Morgan fingerprint density at radius 3 is 2.67 bits per heavy atom. The Morgan fingerprint density at radius 2 is 1.92 bits per heavy atom. The lowest BCUT2D eigenvalue weighted by Crippen LogP contribution is -1.95. The number of benzene rings is 2. The molecule has 2 aromatic carbocycles. The topological polar surface area (TPSA) is 26.0 Å². The van der Waals surface area contributed by atoms with Gasteiger partial charge < -0.3 is 5.73 Å². The Morgan fingerprint density at radius 1 is 1.17 bits per heavy atom. The zero-order chi connectivity index (χ0) is 8.39. The van der Waals surface area contributed by atoms with Gasteiger partial charge in [-0.15, -0.1) is 0 Å². The van der Waals surface area contributed by atoms with Crippen molar-refractivity contribution in [2.75, 3.05) is 0 Å². The molecule has 12 heavy (non-hydrogen) atoms. The van der Waals surface area contributed by atoms with Gasteiger partial charge in [0.25, 0.3) is 0 Å². The Balaban J connectivity index is 2.67. The molecule has 0 aromatic heterocycles. The van der Waals surface area contributed by atoms with Crippen LogP contribution in [-0.2, 0) is 6.54 Å². The van der Waals surface area contributed by atoms with Gasteiger partial charge in [0.2, 0.25) is 0 Å². The summed E-state index contributed by atoms with van der Waals surface area (Å²) in [5.74, 6) is 0. The predicted molar refractivity (Wildman–Crippen MR) is 50.7 cm³/mol. The number of hydrogen-bond acceptors (Lipinski definition) is 1. The number of nitrogens with two attached hydrogens (primary N) is 1. The van der Waals surface area contributed by atoms with E-state index in [-0.39, 0.29) is 0 Å². The fourth-order valence-electron chi connectivity index (χ4n) is 1.29. The summed E-state index contributed by atoms with van der Waals surface area (Å²) in [5.41, 5.74) is 6.57. The van der Waals surface area contributed by atoms with E-state index in [1.165, 1.54) is 10.8 Å². The molecule has 2 aromatic rings. The molecule has 1 nitrogen and oxygen atoms in total. The van der Waals surface area contributed by atoms with E-state index < -0.39 is 0 Å². The monoisotopic (exact) mass is 156 g/mol. The van der Waals surface area contributed by atoms with E-state index >= 15 is 0 Å². The van der Waals surface area contributed by atoms with Crippen LogP contribution in [-0.4, -0.2) is 0 Å². The Bertz CT molecular complexity index is 393. The summed E-state index contributed by atoms with van der Waals surface area (Å²) >= 11 is 0. The fourth-order valence-corrected chi connectivity index (χ4v) is 1.29. The second-order valence-electron chi connectivity index (χ2n) is 2.79. The molecule has 2 N–H and O–H groups in total. The normalized spacial score (nSPS) is 10.4. The summed E-state index contributed by atoms with van der Waals surface area (Å²) in [6.07, 6.45) is 0. The first-order valence-corrected chi connectivity index (χ1v) is 3.99. The van der Waals surface area contributed by atoms with E-state index in [9.17, 15) is 0 Å². The minimum atomic E-state index is 0.560. The van der Waals surface area contributed by atoms with Crippen LogP contribution < -0.4 is 5.73 Å². The third-order valence-corrected chi connectivity index (χ3v) is 1.96. The molecule has 0 aliphatic heterocycles. The van der Waals surface area contributed by atoms with Crippen LogP contribution in [0.5, 0.6) is 0 Å². The molecular weight excluding hydrogens is 146 g/mol. The van der Waals surface area contributed by atoms with Gasteiger partial charge in [-0.1, -0.05) is 24.3 Å². The van der Waals surface area contributed by atoms with E-state index in [2.05, 4.69) is 24.3 Å². The van der Waals surface area contributed by atoms with Crippen LogP contribution in [0.3, 0.4) is 0 Å². The summed E-state index contributed by atoms with van der Waals surface area (Å²) in [7, 11) is 0. The van der Waals surface area contributed by atoms with Gasteiger partial charge in [0.1, 0.15) is 0 Å². The van der Waals surface area contributed by atoms with E-state index in [0.29, 0.717) is 6.54 Å². The Labute approximate surface area is 71.8 Å². The molecule has 0 atom stereocenters. The van der Waals surface area contributed by atoms with Crippen LogP contribution >= 0.6 is 0 Å². The molecule has 0 bridgehead atoms. The van der Waals surface area contributed by atoms with Gasteiger partial charge in [-0.25, -0.2) is 0 Å². The van der Waals surface area contributed by atoms with Gasteiger partial charge in [-0.2, -0.15) is 0 Å². The SMILES string of the molecule is NCc1[c]cc2ccccc2c1. The maximum Gasteiger partial charge on any atom is 0.0184 e. The number of fused-ring (bicyclic) bond motifs is 1. The molecule has 0 fully saturated rings. The summed E-state index contributed by atoms with van der Waals surface area (Å²) in [6.45, 7) is 0.560. The number of rotatable bonds is 1. The molecule has 0 saturated carbocycles. The molecule has 0 unspecified atom stereocenters. The molecule has 0 aliphatic rings. The van der Waals surface area contributed by atoms with E-state index in [1.807, 2.05) is 18.2 Å². The molecule has 0 amide bonds. The molecule has 2 rings (SSSR count). The molecule has 1 radical (unpaired) electrons. The van der Waals surface area contributed by atoms with Gasteiger partial charge in [0, 0.05) is 6.54 Å². The molecule has 59 valence electrons. The molecule has 1 heteroatoms. The summed E-state index contributed by atoms with van der Waals surface area (Å²) in [4.78, 5) is 0. The van der Waals surface area contributed by atoms with Crippen molar-refractivity contribution in [2.45, 2.75) is 6.54 Å². The van der Waals surface area contributed by atoms with Gasteiger partial charge >= 0.3 is 0 Å². The highest BCUT2D eigenvalue weighted by Crippen LogP contribution is 2.14. The van der Waals surface area contributed by atoms with Crippen molar-refractivity contribution < 1.29 is 0 Å². The minimum Gasteiger partial charge on any atom is -0.326 e. The van der Waals surface area contributed by atoms with E-state index in [1.54, 1.807) is 0 Å². The standard InChI is InChI=1S/C11H10N/c12-8-9-5-6-10-3-1-2-4-11(10)7-9/h1-4,6-7H,8,12H2. The van der Waals surface area contributed by atoms with E-state index in [4.69, 9.17) is 5.73 Å². The fraction of sp³-hybridized carbons (Fsp3) is 0.0909. The second-order valence-corrected chi connectivity index (χ2v) is 2.79. The minimum absolute atomic E-state index is 0.560. The Hall–Kier alpha value is -1.34. The highest BCUT2D eigenvalue weighted by molar-refractivity contribution is 5.82. The van der Waals surface area contributed by atoms with Crippen LogP contribution in [0.1, 0.15) is 5.56 Å². The van der Waals surface area contributed by atoms with Crippen molar-refractivity contribution in [3.63, 3.8) is 0 Å². The smallest absolute Gasteiger partial charge is 0.0184 e. The molecule has 0 saturated heterocycles. The molecule has 0 spiro atoms. The lowest BCUT2D eigenvalue weighted by atomic mass is 10.1. The lowest BCUT2D eigenvalue weighted by molar-refractivity contribution is 1.07. The van der Waals surface area contributed by atoms with Gasteiger partial charge in [0.05, 0.1) is 0 Å². The third kappa shape index (κ3) is 1.19. The van der Waals surface area contributed by atoms with E-state index in [0.717, 1.165) is 5.56 Å². The quantitative estimate of drug-likeness (QED) is 0.672. The van der Waals surface area contributed by atoms with Gasteiger partial charge in [-0.05, 0) is 34.5 Å². The van der Waals surface area contributed by atoms with Crippen LogP contribution in [0.15, 0.2) is 36.4 Å². The third-order valence-electron chi connectivity index (χ3n) is 1.96. The first-order chi connectivity index (χ1) is 5.90. The van der Waals surface area contributed by atoms with Crippen LogP contribution in [0, 0.1) is 6.07 Å². The van der Waals surface area contributed by atoms with Gasteiger partial charge in [0.15, 0.2) is 0 Å². The zero-order valence-corrected chi connectivity index (χ0v) is 6.75. The van der Waals surface area contributed by atoms with Crippen molar-refractivity contribution in [3.8, 4) is 0 Å². The summed E-state index contributed by atoms with van der Waals surface area (Å²) in [5, 5.41) is 2.45. The average molecular weight is 156 g/mol. The van der Waals surface area contributed by atoms with Crippen LogP contribution in [0.4, 0.5) is 0 Å². The van der Waals surface area contributed by atoms with Crippen molar-refractivity contribution in [1.29, 1.82) is 0 Å². The Kier molecular flexibility index (Phi) is 1.80. The lowest BCUT2D eigenvalue weighted by Gasteiger charge is -1.99. The largest absolute Gasteiger partial charge is 0.326 e.